The van der Waals surface area contributed by atoms with Crippen LogP contribution >= 0.6 is 11.6 Å². The molecule has 0 saturated carbocycles. The molecule has 2 aromatic heterocycles. The molecule has 2 rings (SSSR count). The zero-order chi connectivity index (χ0) is 13.0. The Morgan fingerprint density at radius 2 is 2.28 bits per heavy atom. The van der Waals surface area contributed by atoms with Gasteiger partial charge >= 0.3 is 0 Å². The molecule has 7 heteroatoms. The lowest BCUT2D eigenvalue weighted by Crippen LogP contribution is -2.10. The van der Waals surface area contributed by atoms with Gasteiger partial charge in [0.2, 0.25) is 0 Å². The Morgan fingerprint density at radius 1 is 1.44 bits per heavy atom. The molecule has 2 N–H and O–H groups in total. The highest BCUT2D eigenvalue weighted by Gasteiger charge is 2.09. The van der Waals surface area contributed by atoms with Gasteiger partial charge < -0.3 is 15.0 Å². The zero-order valence-corrected chi connectivity index (χ0v) is 10.9. The van der Waals surface area contributed by atoms with Crippen LogP contribution in [0.4, 0.5) is 5.82 Å². The number of halogens is 1. The second kappa shape index (κ2) is 5.97. The first-order valence-electron chi connectivity index (χ1n) is 5.82. The maximum absolute atomic E-state index is 8.96. The summed E-state index contributed by atoms with van der Waals surface area (Å²) < 4.78 is 1.75. The Bertz CT molecular complexity index is 515. The molecule has 0 aliphatic rings. The molecule has 2 aromatic rings. The van der Waals surface area contributed by atoms with Crippen LogP contribution in [0.5, 0.6) is 0 Å². The number of aliphatic hydroxyl groups is 1. The number of fused-ring (bicyclic) bond motifs is 1. The number of aliphatic hydroxyl groups excluding tert-OH is 1. The topological polar surface area (TPSA) is 75.9 Å². The van der Waals surface area contributed by atoms with Crippen LogP contribution < -0.4 is 5.32 Å². The zero-order valence-electron chi connectivity index (χ0n) is 10.2. The number of nitrogens with zero attached hydrogens (tertiary/aromatic N) is 4. The number of hydrogen-bond acceptors (Lipinski definition) is 5. The van der Waals surface area contributed by atoms with Crippen LogP contribution in [-0.4, -0.2) is 37.8 Å². The van der Waals surface area contributed by atoms with Crippen LogP contribution in [-0.2, 0) is 6.00 Å². The second-order valence-electron chi connectivity index (χ2n) is 4.23. The van der Waals surface area contributed by atoms with E-state index in [-0.39, 0.29) is 12.5 Å². The molecule has 0 bridgehead atoms. The predicted octanol–water partition coefficient (Wildman–Crippen LogP) is 1.45. The highest BCUT2D eigenvalue weighted by Crippen LogP contribution is 2.17. The number of hydrogen-bond donors (Lipinski definition) is 2. The average molecular weight is 270 g/mol. The van der Waals surface area contributed by atoms with Crippen LogP contribution in [0.2, 0.25) is 0 Å². The van der Waals surface area contributed by atoms with E-state index in [0.29, 0.717) is 11.8 Å². The fraction of sp³-hybridized carbons (Fsp3) is 0.545. The number of anilines is 1. The molecule has 0 amide bonds. The molecule has 0 saturated heterocycles. The van der Waals surface area contributed by atoms with E-state index in [1.165, 1.54) is 6.33 Å². The van der Waals surface area contributed by atoms with Gasteiger partial charge in [0.05, 0.1) is 6.33 Å². The Morgan fingerprint density at radius 3 is 3.00 bits per heavy atom. The minimum absolute atomic E-state index is 0.196. The minimum atomic E-state index is 0.196. The van der Waals surface area contributed by atoms with Gasteiger partial charge in [-0.05, 0) is 12.3 Å². The Hall–Kier alpha value is -1.40. The predicted molar refractivity (Wildman–Crippen MR) is 70.5 cm³/mol. The number of alkyl halides is 1. The van der Waals surface area contributed by atoms with Gasteiger partial charge in [0.15, 0.2) is 11.5 Å². The molecular weight excluding hydrogens is 254 g/mol. The summed E-state index contributed by atoms with van der Waals surface area (Å²) in [6.45, 7) is 2.93. The monoisotopic (exact) mass is 269 g/mol. The molecule has 0 aliphatic heterocycles. The summed E-state index contributed by atoms with van der Waals surface area (Å²) in [5.74, 6) is 0.976. The van der Waals surface area contributed by atoms with Crippen molar-refractivity contribution in [1.29, 1.82) is 0 Å². The third-order valence-corrected chi connectivity index (χ3v) is 3.03. The van der Waals surface area contributed by atoms with E-state index < -0.39 is 0 Å². The Kier molecular flexibility index (Phi) is 4.33. The fourth-order valence-corrected chi connectivity index (χ4v) is 1.80. The van der Waals surface area contributed by atoms with E-state index in [9.17, 15) is 0 Å². The molecule has 1 atom stereocenters. The van der Waals surface area contributed by atoms with Gasteiger partial charge in [0, 0.05) is 13.2 Å². The van der Waals surface area contributed by atoms with E-state index in [4.69, 9.17) is 16.7 Å². The Balaban J connectivity index is 2.11. The van der Waals surface area contributed by atoms with E-state index in [2.05, 4.69) is 20.3 Å². The molecule has 0 radical (unpaired) electrons. The molecule has 0 aromatic carbocycles. The standard InChI is InChI=1S/C11H16ClN5O/c1-8(4-18)2-3-13-10-9-11(15-6-14-10)17(5-12)7-16-9/h6-8,18H,2-5H2,1H3,(H,13,14,15)/t8-/m0/s1. The lowest BCUT2D eigenvalue weighted by Gasteiger charge is -2.09. The molecular formula is C11H16ClN5O. The largest absolute Gasteiger partial charge is 0.396 e. The highest BCUT2D eigenvalue weighted by molar-refractivity contribution is 6.15. The first-order valence-corrected chi connectivity index (χ1v) is 6.36. The van der Waals surface area contributed by atoms with Gasteiger partial charge in [-0.3, -0.25) is 0 Å². The number of rotatable bonds is 6. The van der Waals surface area contributed by atoms with Gasteiger partial charge in [-0.15, -0.1) is 11.6 Å². The van der Waals surface area contributed by atoms with Crippen LogP contribution in [0.25, 0.3) is 11.2 Å². The SMILES string of the molecule is C[C@H](CO)CCNc1ncnc2c1ncn2CCl. The molecule has 6 nitrogen and oxygen atoms in total. The summed E-state index contributed by atoms with van der Waals surface area (Å²) >= 11 is 5.78. The normalized spacial score (nSPS) is 12.8. The summed E-state index contributed by atoms with van der Waals surface area (Å²) in [6.07, 6.45) is 4.01. The Labute approximate surface area is 110 Å². The van der Waals surface area contributed by atoms with Crippen molar-refractivity contribution in [3.05, 3.63) is 12.7 Å². The third kappa shape index (κ3) is 2.70. The molecule has 0 unspecified atom stereocenters. The molecule has 0 aliphatic carbocycles. The van der Waals surface area contributed by atoms with E-state index in [1.54, 1.807) is 10.9 Å². The molecule has 98 valence electrons. The summed E-state index contributed by atoms with van der Waals surface area (Å²) in [5.41, 5.74) is 1.44. The quantitative estimate of drug-likeness (QED) is 0.777. The summed E-state index contributed by atoms with van der Waals surface area (Å²) in [5, 5.41) is 12.2. The molecule has 0 spiro atoms. The van der Waals surface area contributed by atoms with Crippen molar-refractivity contribution in [2.75, 3.05) is 18.5 Å². The lowest BCUT2D eigenvalue weighted by atomic mass is 10.1. The summed E-state index contributed by atoms with van der Waals surface area (Å²) in [6, 6.07) is 0.314. The van der Waals surface area contributed by atoms with Crippen molar-refractivity contribution < 1.29 is 5.11 Å². The van der Waals surface area contributed by atoms with Gasteiger partial charge in [0.1, 0.15) is 17.8 Å². The van der Waals surface area contributed by atoms with Crippen LogP contribution in [0.1, 0.15) is 13.3 Å². The average Bonchev–Trinajstić information content (AvgIpc) is 2.82. The number of aromatic nitrogens is 4. The van der Waals surface area contributed by atoms with Crippen LogP contribution in [0.3, 0.4) is 0 Å². The van der Waals surface area contributed by atoms with E-state index in [0.717, 1.165) is 24.1 Å². The molecule has 2 heterocycles. The lowest BCUT2D eigenvalue weighted by molar-refractivity contribution is 0.233. The van der Waals surface area contributed by atoms with Gasteiger partial charge in [-0.2, -0.15) is 0 Å². The third-order valence-electron chi connectivity index (χ3n) is 2.77. The van der Waals surface area contributed by atoms with Crippen molar-refractivity contribution >= 4 is 28.6 Å². The van der Waals surface area contributed by atoms with Gasteiger partial charge in [0.25, 0.3) is 0 Å². The smallest absolute Gasteiger partial charge is 0.166 e. The van der Waals surface area contributed by atoms with Crippen molar-refractivity contribution in [2.45, 2.75) is 19.3 Å². The molecule has 0 fully saturated rings. The van der Waals surface area contributed by atoms with Gasteiger partial charge in [-0.25, -0.2) is 15.0 Å². The maximum atomic E-state index is 8.96. The fourth-order valence-electron chi connectivity index (χ4n) is 1.63. The second-order valence-corrected chi connectivity index (χ2v) is 4.47. The van der Waals surface area contributed by atoms with E-state index in [1.807, 2.05) is 6.92 Å². The number of nitrogens with one attached hydrogen (secondary N) is 1. The number of imidazole rings is 1. The van der Waals surface area contributed by atoms with Crippen molar-refractivity contribution in [3.63, 3.8) is 0 Å². The summed E-state index contributed by atoms with van der Waals surface area (Å²) in [4.78, 5) is 12.6. The van der Waals surface area contributed by atoms with Crippen molar-refractivity contribution in [2.24, 2.45) is 5.92 Å². The van der Waals surface area contributed by atoms with Gasteiger partial charge in [-0.1, -0.05) is 6.92 Å². The van der Waals surface area contributed by atoms with Crippen LogP contribution in [0, 0.1) is 5.92 Å². The van der Waals surface area contributed by atoms with Crippen LogP contribution in [0.15, 0.2) is 12.7 Å². The maximum Gasteiger partial charge on any atom is 0.166 e. The van der Waals surface area contributed by atoms with E-state index >= 15 is 0 Å². The highest BCUT2D eigenvalue weighted by atomic mass is 35.5. The first-order chi connectivity index (χ1) is 8.76. The van der Waals surface area contributed by atoms with Crippen molar-refractivity contribution in [1.82, 2.24) is 19.5 Å². The minimum Gasteiger partial charge on any atom is -0.396 e. The first kappa shape index (κ1) is 13.0. The summed E-state index contributed by atoms with van der Waals surface area (Å²) in [7, 11) is 0. The molecule has 18 heavy (non-hydrogen) atoms. The van der Waals surface area contributed by atoms with Crippen molar-refractivity contribution in [3.8, 4) is 0 Å².